The summed E-state index contributed by atoms with van der Waals surface area (Å²) in [5.41, 5.74) is 4.95. The molecule has 1 aromatic heterocycles. The van der Waals surface area contributed by atoms with Gasteiger partial charge in [-0.25, -0.2) is 4.98 Å². The normalized spacial score (nSPS) is 10.9. The third kappa shape index (κ3) is 4.75. The van der Waals surface area contributed by atoms with E-state index in [1.165, 1.54) is 11.8 Å². The number of fused-ring (bicyclic) bond motifs is 1. The van der Waals surface area contributed by atoms with E-state index in [0.29, 0.717) is 0 Å². The molecule has 1 heterocycles. The number of carbonyl (C=O) groups is 1. The van der Waals surface area contributed by atoms with Crippen molar-refractivity contribution in [2.24, 2.45) is 0 Å². The maximum atomic E-state index is 12.6. The van der Waals surface area contributed by atoms with Crippen LogP contribution in [-0.2, 0) is 4.79 Å². The van der Waals surface area contributed by atoms with Crippen LogP contribution in [0.4, 0.5) is 11.4 Å². The summed E-state index contributed by atoms with van der Waals surface area (Å²) >= 11 is 1.44. The van der Waals surface area contributed by atoms with E-state index in [2.05, 4.69) is 46.8 Å². The lowest BCUT2D eigenvalue weighted by Gasteiger charge is -2.21. The van der Waals surface area contributed by atoms with Crippen molar-refractivity contribution in [2.45, 2.75) is 19.0 Å². The number of nitrogens with zero attached hydrogens (tertiary/aromatic N) is 3. The van der Waals surface area contributed by atoms with Crippen molar-refractivity contribution in [1.29, 1.82) is 0 Å². The number of anilines is 2. The molecule has 0 aliphatic rings. The summed E-state index contributed by atoms with van der Waals surface area (Å²) in [6.45, 7) is 6.20. The molecule has 0 unspecified atom stereocenters. The van der Waals surface area contributed by atoms with E-state index >= 15 is 0 Å². The number of aromatic nitrogens is 2. The second-order valence-corrected chi connectivity index (χ2v) is 8.05. The standard InChI is InChI=1S/C25H26N4OS/c1-3-28(4-2)20-16-14-19(15-17-20)26-24(30)18-31-25-27-22-12-8-9-13-23(22)29(25)21-10-6-5-7-11-21/h5-17H,3-4,18H2,1-2H3,(H,26,30). The van der Waals surface area contributed by atoms with Crippen molar-refractivity contribution in [3.05, 3.63) is 78.9 Å². The average Bonchev–Trinajstić information content (AvgIpc) is 3.18. The molecule has 1 amide bonds. The van der Waals surface area contributed by atoms with Crippen molar-refractivity contribution in [3.8, 4) is 5.69 Å². The fraction of sp³-hybridized carbons (Fsp3) is 0.200. The topological polar surface area (TPSA) is 50.2 Å². The quantitative estimate of drug-likeness (QED) is 0.370. The van der Waals surface area contributed by atoms with Crippen LogP contribution in [0.15, 0.2) is 84.0 Å². The Morgan fingerprint density at radius 1 is 0.935 bits per heavy atom. The lowest BCUT2D eigenvalue weighted by Crippen LogP contribution is -2.21. The summed E-state index contributed by atoms with van der Waals surface area (Å²) in [5, 5.41) is 3.80. The first-order chi connectivity index (χ1) is 15.2. The average molecular weight is 431 g/mol. The number of benzene rings is 3. The molecule has 0 atom stereocenters. The van der Waals surface area contributed by atoms with E-state index in [1.54, 1.807) is 0 Å². The van der Waals surface area contributed by atoms with Gasteiger partial charge < -0.3 is 10.2 Å². The number of hydrogen-bond donors (Lipinski definition) is 1. The van der Waals surface area contributed by atoms with Crippen molar-refractivity contribution in [1.82, 2.24) is 9.55 Å². The number of amides is 1. The minimum Gasteiger partial charge on any atom is -0.372 e. The van der Waals surface area contributed by atoms with Crippen LogP contribution in [0, 0.1) is 0 Å². The molecule has 3 aromatic carbocycles. The lowest BCUT2D eigenvalue weighted by molar-refractivity contribution is -0.113. The number of hydrogen-bond acceptors (Lipinski definition) is 4. The molecule has 0 aliphatic heterocycles. The number of imidazole rings is 1. The number of rotatable bonds is 8. The molecule has 0 saturated heterocycles. The molecule has 6 heteroatoms. The monoisotopic (exact) mass is 430 g/mol. The van der Waals surface area contributed by atoms with Gasteiger partial charge in [0.2, 0.25) is 5.91 Å². The van der Waals surface area contributed by atoms with Crippen molar-refractivity contribution in [2.75, 3.05) is 29.1 Å². The summed E-state index contributed by atoms with van der Waals surface area (Å²) in [4.78, 5) is 19.6. The van der Waals surface area contributed by atoms with Gasteiger partial charge in [0.05, 0.1) is 16.8 Å². The van der Waals surface area contributed by atoms with E-state index in [1.807, 2.05) is 60.7 Å². The fourth-order valence-electron chi connectivity index (χ4n) is 3.60. The number of carbonyl (C=O) groups excluding carboxylic acids is 1. The van der Waals surface area contributed by atoms with Crippen molar-refractivity contribution in [3.63, 3.8) is 0 Å². The first-order valence-corrected chi connectivity index (χ1v) is 11.5. The number of para-hydroxylation sites is 3. The lowest BCUT2D eigenvalue weighted by atomic mass is 10.2. The number of nitrogens with one attached hydrogen (secondary N) is 1. The SMILES string of the molecule is CCN(CC)c1ccc(NC(=O)CSc2nc3ccccc3n2-c2ccccc2)cc1. The van der Waals surface area contributed by atoms with Crippen molar-refractivity contribution >= 4 is 40.1 Å². The van der Waals surface area contributed by atoms with Crippen LogP contribution < -0.4 is 10.2 Å². The highest BCUT2D eigenvalue weighted by Gasteiger charge is 2.14. The summed E-state index contributed by atoms with van der Waals surface area (Å²) in [6.07, 6.45) is 0. The Hall–Kier alpha value is -3.25. The number of thioether (sulfide) groups is 1. The minimum atomic E-state index is -0.0488. The van der Waals surface area contributed by atoms with Gasteiger partial charge in [-0.1, -0.05) is 42.1 Å². The molecule has 0 radical (unpaired) electrons. The Morgan fingerprint density at radius 3 is 2.32 bits per heavy atom. The van der Waals surface area contributed by atoms with Gasteiger partial charge in [0.1, 0.15) is 0 Å². The summed E-state index contributed by atoms with van der Waals surface area (Å²) < 4.78 is 2.10. The highest BCUT2D eigenvalue weighted by molar-refractivity contribution is 7.99. The largest absolute Gasteiger partial charge is 0.372 e. The smallest absolute Gasteiger partial charge is 0.234 e. The second kappa shape index (κ2) is 9.71. The first kappa shape index (κ1) is 21.0. The summed E-state index contributed by atoms with van der Waals surface area (Å²) in [7, 11) is 0. The predicted molar refractivity (Wildman–Crippen MR) is 130 cm³/mol. The molecule has 4 aromatic rings. The van der Waals surface area contributed by atoms with E-state index < -0.39 is 0 Å². The molecular formula is C25H26N4OS. The van der Waals surface area contributed by atoms with Crippen LogP contribution in [0.1, 0.15) is 13.8 Å². The molecule has 1 N–H and O–H groups in total. The zero-order chi connectivity index (χ0) is 21.6. The molecule has 5 nitrogen and oxygen atoms in total. The van der Waals surface area contributed by atoms with Crippen LogP contribution in [0.3, 0.4) is 0 Å². The predicted octanol–water partition coefficient (Wildman–Crippen LogP) is 5.60. The van der Waals surface area contributed by atoms with Crippen LogP contribution >= 0.6 is 11.8 Å². The molecule has 0 aliphatic carbocycles. The van der Waals surface area contributed by atoms with Crippen LogP contribution in [0.25, 0.3) is 16.7 Å². The third-order valence-electron chi connectivity index (χ3n) is 5.16. The van der Waals surface area contributed by atoms with E-state index in [-0.39, 0.29) is 11.7 Å². The second-order valence-electron chi connectivity index (χ2n) is 7.11. The van der Waals surface area contributed by atoms with Gasteiger partial charge in [-0.2, -0.15) is 0 Å². The van der Waals surface area contributed by atoms with E-state index in [0.717, 1.165) is 46.3 Å². The summed E-state index contributed by atoms with van der Waals surface area (Å²) in [5.74, 6) is 0.237. The molecular weight excluding hydrogens is 404 g/mol. The Morgan fingerprint density at radius 2 is 1.61 bits per heavy atom. The van der Waals surface area contributed by atoms with Gasteiger partial charge in [0.25, 0.3) is 0 Å². The molecule has 0 spiro atoms. The molecule has 158 valence electrons. The molecule has 4 rings (SSSR count). The van der Waals surface area contributed by atoms with Crippen molar-refractivity contribution < 1.29 is 4.79 Å². The van der Waals surface area contributed by atoms with Gasteiger partial charge in [-0.05, 0) is 62.4 Å². The van der Waals surface area contributed by atoms with E-state index in [4.69, 9.17) is 4.98 Å². The highest BCUT2D eigenvalue weighted by atomic mass is 32.2. The zero-order valence-electron chi connectivity index (χ0n) is 17.8. The van der Waals surface area contributed by atoms with Gasteiger partial charge >= 0.3 is 0 Å². The van der Waals surface area contributed by atoms with Gasteiger partial charge in [0, 0.05) is 30.2 Å². The first-order valence-electron chi connectivity index (χ1n) is 10.5. The zero-order valence-corrected chi connectivity index (χ0v) is 18.6. The maximum Gasteiger partial charge on any atom is 0.234 e. The Kier molecular flexibility index (Phi) is 6.57. The fourth-order valence-corrected chi connectivity index (χ4v) is 4.43. The summed E-state index contributed by atoms with van der Waals surface area (Å²) in [6, 6.07) is 26.1. The van der Waals surface area contributed by atoms with Crippen LogP contribution in [0.2, 0.25) is 0 Å². The molecule has 0 bridgehead atoms. The molecule has 31 heavy (non-hydrogen) atoms. The van der Waals surface area contributed by atoms with Gasteiger partial charge in [-0.15, -0.1) is 0 Å². The van der Waals surface area contributed by atoms with Crippen LogP contribution in [-0.4, -0.2) is 34.3 Å². The van der Waals surface area contributed by atoms with Crippen LogP contribution in [0.5, 0.6) is 0 Å². The Balaban J connectivity index is 1.48. The van der Waals surface area contributed by atoms with Gasteiger partial charge in [-0.3, -0.25) is 9.36 Å². The highest BCUT2D eigenvalue weighted by Crippen LogP contribution is 2.28. The third-order valence-corrected chi connectivity index (χ3v) is 6.10. The maximum absolute atomic E-state index is 12.6. The van der Waals surface area contributed by atoms with E-state index in [9.17, 15) is 4.79 Å². The molecule has 0 fully saturated rings. The molecule has 0 saturated carbocycles. The van der Waals surface area contributed by atoms with Gasteiger partial charge in [0.15, 0.2) is 5.16 Å². The Labute approximate surface area is 187 Å². The minimum absolute atomic E-state index is 0.0488. The Bertz CT molecular complexity index is 1150.